The van der Waals surface area contributed by atoms with E-state index in [2.05, 4.69) is 34.7 Å². The minimum absolute atomic E-state index is 0.195. The van der Waals surface area contributed by atoms with Crippen LogP contribution in [0.25, 0.3) is 10.9 Å². The van der Waals surface area contributed by atoms with Crippen LogP contribution < -0.4 is 0 Å². The second kappa shape index (κ2) is 7.36. The number of rotatable bonds is 5. The molecule has 1 aliphatic heterocycles. The number of carbonyl (C=O) groups is 1. The zero-order chi connectivity index (χ0) is 17.1. The Labute approximate surface area is 143 Å². The molecule has 1 aromatic heterocycles. The Morgan fingerprint density at radius 2 is 1.92 bits per heavy atom. The van der Waals surface area contributed by atoms with E-state index in [1.54, 1.807) is 0 Å². The summed E-state index contributed by atoms with van der Waals surface area (Å²) in [4.78, 5) is 16.9. The van der Waals surface area contributed by atoms with Crippen LogP contribution in [0.1, 0.15) is 18.9 Å². The van der Waals surface area contributed by atoms with Gasteiger partial charge in [0.15, 0.2) is 0 Å². The Morgan fingerprint density at radius 1 is 1.21 bits per heavy atom. The number of aliphatic hydroxyl groups excluding tert-OH is 1. The van der Waals surface area contributed by atoms with Crippen molar-refractivity contribution in [1.29, 1.82) is 0 Å². The van der Waals surface area contributed by atoms with E-state index >= 15 is 0 Å². The number of amides is 1. The third-order valence-electron chi connectivity index (χ3n) is 5.19. The first-order chi connectivity index (χ1) is 11.6. The lowest BCUT2D eigenvalue weighted by molar-refractivity contribution is -0.132. The standard InChI is InChI=1S/C19H27N3O2/c1-3-16(14-23)21-8-10-22(11-9-21)19(24)12-15-13-20(2)18-7-5-4-6-17(15)18/h4-7,13,16,23H,3,8-12,14H2,1-2H3. The maximum Gasteiger partial charge on any atom is 0.227 e. The number of aryl methyl sites for hydroxylation is 1. The van der Waals surface area contributed by atoms with Crippen molar-refractivity contribution in [3.8, 4) is 0 Å². The van der Waals surface area contributed by atoms with Crippen LogP contribution in [-0.4, -0.2) is 64.2 Å². The molecule has 1 amide bonds. The molecule has 130 valence electrons. The lowest BCUT2D eigenvalue weighted by Gasteiger charge is -2.38. The second-order valence-corrected chi connectivity index (χ2v) is 6.62. The van der Waals surface area contributed by atoms with Crippen molar-refractivity contribution in [1.82, 2.24) is 14.4 Å². The molecule has 1 aliphatic rings. The zero-order valence-electron chi connectivity index (χ0n) is 14.6. The molecule has 3 rings (SSSR count). The van der Waals surface area contributed by atoms with Crippen LogP contribution in [0, 0.1) is 0 Å². The van der Waals surface area contributed by atoms with E-state index in [0.29, 0.717) is 6.42 Å². The summed E-state index contributed by atoms with van der Waals surface area (Å²) >= 11 is 0. The summed E-state index contributed by atoms with van der Waals surface area (Å²) in [7, 11) is 2.02. The number of hydrogen-bond donors (Lipinski definition) is 1. The van der Waals surface area contributed by atoms with Crippen molar-refractivity contribution in [3.05, 3.63) is 36.0 Å². The largest absolute Gasteiger partial charge is 0.395 e. The van der Waals surface area contributed by atoms with Gasteiger partial charge in [0.05, 0.1) is 13.0 Å². The predicted molar refractivity (Wildman–Crippen MR) is 95.9 cm³/mol. The van der Waals surface area contributed by atoms with E-state index in [1.165, 1.54) is 10.9 Å². The maximum absolute atomic E-state index is 12.7. The first kappa shape index (κ1) is 17.0. The first-order valence-electron chi connectivity index (χ1n) is 8.79. The Morgan fingerprint density at radius 3 is 2.58 bits per heavy atom. The monoisotopic (exact) mass is 329 g/mol. The van der Waals surface area contributed by atoms with Crippen LogP contribution >= 0.6 is 0 Å². The summed E-state index contributed by atoms with van der Waals surface area (Å²) in [6.45, 7) is 5.49. The van der Waals surface area contributed by atoms with Crippen molar-refractivity contribution in [2.75, 3.05) is 32.8 Å². The van der Waals surface area contributed by atoms with Gasteiger partial charge in [0.1, 0.15) is 0 Å². The molecule has 0 radical (unpaired) electrons. The van der Waals surface area contributed by atoms with Crippen molar-refractivity contribution in [3.63, 3.8) is 0 Å². The molecule has 5 nitrogen and oxygen atoms in total. The minimum Gasteiger partial charge on any atom is -0.395 e. The van der Waals surface area contributed by atoms with Gasteiger partial charge in [0, 0.05) is 56.4 Å². The average Bonchev–Trinajstić information content (AvgIpc) is 2.93. The van der Waals surface area contributed by atoms with Gasteiger partial charge in [-0.15, -0.1) is 0 Å². The van der Waals surface area contributed by atoms with Gasteiger partial charge >= 0.3 is 0 Å². The number of para-hydroxylation sites is 1. The van der Waals surface area contributed by atoms with Gasteiger partial charge in [-0.25, -0.2) is 0 Å². The van der Waals surface area contributed by atoms with Gasteiger partial charge in [0.25, 0.3) is 0 Å². The molecule has 2 heterocycles. The van der Waals surface area contributed by atoms with E-state index < -0.39 is 0 Å². The van der Waals surface area contributed by atoms with E-state index in [-0.39, 0.29) is 18.6 Å². The third-order valence-corrected chi connectivity index (χ3v) is 5.19. The highest BCUT2D eigenvalue weighted by Gasteiger charge is 2.25. The van der Waals surface area contributed by atoms with Crippen LogP contribution in [0.2, 0.25) is 0 Å². The second-order valence-electron chi connectivity index (χ2n) is 6.62. The number of aliphatic hydroxyl groups is 1. The lowest BCUT2D eigenvalue weighted by Crippen LogP contribution is -2.53. The fourth-order valence-electron chi connectivity index (χ4n) is 3.68. The Bertz CT molecular complexity index is 698. The number of carbonyl (C=O) groups excluding carboxylic acids is 1. The summed E-state index contributed by atoms with van der Waals surface area (Å²) in [5, 5.41) is 10.6. The molecule has 0 saturated carbocycles. The van der Waals surface area contributed by atoms with E-state index in [0.717, 1.165) is 38.2 Å². The average molecular weight is 329 g/mol. The van der Waals surface area contributed by atoms with Gasteiger partial charge in [0.2, 0.25) is 5.91 Å². The van der Waals surface area contributed by atoms with Crippen molar-refractivity contribution >= 4 is 16.8 Å². The normalized spacial score (nSPS) is 17.4. The number of benzene rings is 1. The van der Waals surface area contributed by atoms with Crippen molar-refractivity contribution in [2.45, 2.75) is 25.8 Å². The van der Waals surface area contributed by atoms with Gasteiger partial charge in [-0.3, -0.25) is 9.69 Å². The molecule has 1 N–H and O–H groups in total. The van der Waals surface area contributed by atoms with Gasteiger partial charge in [-0.2, -0.15) is 0 Å². The highest BCUT2D eigenvalue weighted by Crippen LogP contribution is 2.21. The van der Waals surface area contributed by atoms with Crippen LogP contribution in [0.4, 0.5) is 0 Å². The topological polar surface area (TPSA) is 48.7 Å². The molecule has 1 fully saturated rings. The van der Waals surface area contributed by atoms with E-state index in [4.69, 9.17) is 0 Å². The van der Waals surface area contributed by atoms with E-state index in [1.807, 2.05) is 24.1 Å². The SMILES string of the molecule is CCC(CO)N1CCN(C(=O)Cc2cn(C)c3ccccc23)CC1. The number of hydrogen-bond acceptors (Lipinski definition) is 3. The number of fused-ring (bicyclic) bond motifs is 1. The molecule has 1 unspecified atom stereocenters. The molecular formula is C19H27N3O2. The fourth-order valence-corrected chi connectivity index (χ4v) is 3.68. The Balaban J connectivity index is 1.64. The molecule has 0 bridgehead atoms. The molecule has 0 aliphatic carbocycles. The summed E-state index contributed by atoms with van der Waals surface area (Å²) < 4.78 is 2.09. The number of aromatic nitrogens is 1. The molecular weight excluding hydrogens is 302 g/mol. The minimum atomic E-state index is 0.195. The molecule has 1 saturated heterocycles. The van der Waals surface area contributed by atoms with Gasteiger partial charge in [-0.05, 0) is 18.1 Å². The molecule has 5 heteroatoms. The smallest absolute Gasteiger partial charge is 0.227 e. The maximum atomic E-state index is 12.7. The summed E-state index contributed by atoms with van der Waals surface area (Å²) in [5.41, 5.74) is 2.26. The van der Waals surface area contributed by atoms with Crippen LogP contribution in [0.3, 0.4) is 0 Å². The molecule has 2 aromatic rings. The Kier molecular flexibility index (Phi) is 5.21. The first-order valence-corrected chi connectivity index (χ1v) is 8.79. The quantitative estimate of drug-likeness (QED) is 0.907. The predicted octanol–water partition coefficient (Wildman–Crippen LogP) is 1.64. The van der Waals surface area contributed by atoms with Crippen LogP contribution in [0.5, 0.6) is 0 Å². The molecule has 1 aromatic carbocycles. The van der Waals surface area contributed by atoms with Gasteiger partial charge in [-0.1, -0.05) is 25.1 Å². The summed E-state index contributed by atoms with van der Waals surface area (Å²) in [6.07, 6.45) is 3.47. The lowest BCUT2D eigenvalue weighted by atomic mass is 10.1. The number of piperazine rings is 1. The van der Waals surface area contributed by atoms with Crippen LogP contribution in [-0.2, 0) is 18.3 Å². The summed E-state index contributed by atoms with van der Waals surface area (Å²) in [6, 6.07) is 8.44. The number of nitrogens with zero attached hydrogens (tertiary/aromatic N) is 3. The summed E-state index contributed by atoms with van der Waals surface area (Å²) in [5.74, 6) is 0.197. The van der Waals surface area contributed by atoms with Crippen LogP contribution in [0.15, 0.2) is 30.5 Å². The zero-order valence-corrected chi connectivity index (χ0v) is 14.6. The molecule has 1 atom stereocenters. The fraction of sp³-hybridized carbons (Fsp3) is 0.526. The molecule has 24 heavy (non-hydrogen) atoms. The third kappa shape index (κ3) is 3.32. The highest BCUT2D eigenvalue weighted by atomic mass is 16.3. The Hall–Kier alpha value is -1.85. The highest BCUT2D eigenvalue weighted by molar-refractivity contribution is 5.89. The van der Waals surface area contributed by atoms with Gasteiger partial charge < -0.3 is 14.6 Å². The van der Waals surface area contributed by atoms with E-state index in [9.17, 15) is 9.90 Å². The van der Waals surface area contributed by atoms with Crippen molar-refractivity contribution in [2.24, 2.45) is 7.05 Å². The molecule has 0 spiro atoms. The van der Waals surface area contributed by atoms with Crippen molar-refractivity contribution < 1.29 is 9.90 Å².